The quantitative estimate of drug-likeness (QED) is 0.126. The van der Waals surface area contributed by atoms with Crippen molar-refractivity contribution >= 4 is 120 Å². The number of fused-ring (bicyclic) bond motifs is 10. The molecule has 0 spiro atoms. The van der Waals surface area contributed by atoms with Gasteiger partial charge in [-0.1, -0.05) is 300 Å². The molecule has 99 heavy (non-hydrogen) atoms. The van der Waals surface area contributed by atoms with Crippen LogP contribution >= 0.6 is 22.7 Å². The molecule has 0 amide bonds. The Morgan fingerprint density at radius 1 is 0.253 bits per heavy atom. The van der Waals surface area contributed by atoms with Gasteiger partial charge in [0.25, 0.3) is 6.71 Å². The summed E-state index contributed by atoms with van der Waals surface area (Å²) in [5.41, 5.74) is 30.3. The molecule has 15 aromatic carbocycles. The van der Waals surface area contributed by atoms with Crippen molar-refractivity contribution in [2.24, 2.45) is 0 Å². The highest BCUT2D eigenvalue weighted by atomic mass is 32.1. The van der Waals surface area contributed by atoms with Crippen molar-refractivity contribution in [2.45, 2.75) is 26.2 Å². The number of thiophene rings is 2. The van der Waals surface area contributed by atoms with Crippen LogP contribution in [-0.2, 0) is 5.41 Å². The highest BCUT2D eigenvalue weighted by Gasteiger charge is 2.46. The number of anilines is 6. The topological polar surface area (TPSA) is 6.48 Å². The lowest BCUT2D eigenvalue weighted by molar-refractivity contribution is 0.590. The zero-order valence-corrected chi connectivity index (χ0v) is 56.8. The summed E-state index contributed by atoms with van der Waals surface area (Å²) in [5.74, 6) is 0. The average molecular weight is 1300 g/mol. The van der Waals surface area contributed by atoms with E-state index in [9.17, 15) is 0 Å². The van der Waals surface area contributed by atoms with E-state index in [2.05, 4.69) is 370 Å². The van der Waals surface area contributed by atoms with Gasteiger partial charge in [0.15, 0.2) is 0 Å². The maximum absolute atomic E-state index is 2.71. The molecule has 17 aromatic rings. The molecule has 0 aliphatic carbocycles. The minimum Gasteiger partial charge on any atom is -0.310 e. The van der Waals surface area contributed by atoms with E-state index >= 15 is 0 Å². The predicted octanol–water partition coefficient (Wildman–Crippen LogP) is 25.1. The second kappa shape index (κ2) is 23.6. The molecule has 0 bridgehead atoms. The van der Waals surface area contributed by atoms with E-state index in [1.54, 1.807) is 0 Å². The lowest BCUT2D eigenvalue weighted by Gasteiger charge is -2.46. The van der Waals surface area contributed by atoms with Gasteiger partial charge < -0.3 is 9.80 Å². The average Bonchev–Trinajstić information content (AvgIpc) is 1.52. The molecular formula is C94H65BN2S2. The fourth-order valence-corrected chi connectivity index (χ4v) is 18.4. The Balaban J connectivity index is 0.970. The molecule has 2 nitrogen and oxygen atoms in total. The molecule has 2 aliphatic heterocycles. The summed E-state index contributed by atoms with van der Waals surface area (Å²) in [4.78, 5) is 5.41. The van der Waals surface area contributed by atoms with Crippen LogP contribution in [0.15, 0.2) is 340 Å². The van der Waals surface area contributed by atoms with Crippen molar-refractivity contribution in [1.29, 1.82) is 0 Å². The van der Waals surface area contributed by atoms with Crippen LogP contribution in [0.4, 0.5) is 34.1 Å². The molecular weight excluding hydrogens is 1230 g/mol. The van der Waals surface area contributed by atoms with Gasteiger partial charge in [-0.2, -0.15) is 0 Å². The van der Waals surface area contributed by atoms with Crippen molar-refractivity contribution in [3.63, 3.8) is 0 Å². The van der Waals surface area contributed by atoms with E-state index in [1.807, 2.05) is 22.7 Å². The summed E-state index contributed by atoms with van der Waals surface area (Å²) >= 11 is 3.78. The molecule has 0 N–H and O–H groups in total. The zero-order chi connectivity index (χ0) is 65.9. The van der Waals surface area contributed by atoms with Crippen LogP contribution in [0.25, 0.3) is 129 Å². The van der Waals surface area contributed by atoms with Gasteiger partial charge in [-0.15, -0.1) is 22.7 Å². The largest absolute Gasteiger partial charge is 0.310 e. The molecule has 466 valence electrons. The van der Waals surface area contributed by atoms with Crippen LogP contribution in [0.2, 0.25) is 0 Å². The van der Waals surface area contributed by atoms with Crippen LogP contribution in [0.3, 0.4) is 0 Å². The molecule has 0 saturated heterocycles. The summed E-state index contributed by atoms with van der Waals surface area (Å²) in [6.45, 7) is 6.95. The fraction of sp³-hybridized carbons (Fsp3) is 0.0426. The van der Waals surface area contributed by atoms with E-state index in [-0.39, 0.29) is 12.1 Å². The van der Waals surface area contributed by atoms with Crippen molar-refractivity contribution in [3.8, 4) is 89.0 Å². The molecule has 0 fully saturated rings. The lowest BCUT2D eigenvalue weighted by Crippen LogP contribution is -2.61. The van der Waals surface area contributed by atoms with Crippen LogP contribution < -0.4 is 26.2 Å². The summed E-state index contributed by atoms with van der Waals surface area (Å²) in [6, 6.07) is 128. The first-order valence-electron chi connectivity index (χ1n) is 34.3. The second-order valence-corrected chi connectivity index (χ2v) is 29.5. The smallest absolute Gasteiger partial charge is 0.252 e. The van der Waals surface area contributed by atoms with Crippen molar-refractivity contribution < 1.29 is 0 Å². The van der Waals surface area contributed by atoms with Gasteiger partial charge in [0, 0.05) is 85.3 Å². The Labute approximate surface area is 586 Å². The Bertz CT molecular complexity index is 5530. The summed E-state index contributed by atoms with van der Waals surface area (Å²) in [5, 5.41) is 5.15. The van der Waals surface area contributed by atoms with Crippen molar-refractivity contribution in [3.05, 3.63) is 345 Å². The zero-order valence-electron chi connectivity index (χ0n) is 55.1. The molecule has 4 heterocycles. The first kappa shape index (κ1) is 58.7. The van der Waals surface area contributed by atoms with Gasteiger partial charge in [-0.3, -0.25) is 0 Å². The molecule has 2 aromatic heterocycles. The number of nitrogens with zero attached hydrogens (tertiary/aromatic N) is 2. The first-order valence-corrected chi connectivity index (χ1v) is 36.0. The maximum Gasteiger partial charge on any atom is 0.252 e. The van der Waals surface area contributed by atoms with Gasteiger partial charge in [-0.05, 0) is 155 Å². The Morgan fingerprint density at radius 3 is 0.929 bits per heavy atom. The minimum absolute atomic E-state index is 0.218. The normalized spacial score (nSPS) is 12.5. The van der Waals surface area contributed by atoms with Crippen LogP contribution in [-0.4, -0.2) is 6.71 Å². The van der Waals surface area contributed by atoms with Gasteiger partial charge in [0.1, 0.15) is 0 Å². The number of hydrogen-bond acceptors (Lipinski definition) is 4. The Hall–Kier alpha value is -11.6. The molecule has 2 aliphatic rings. The molecule has 0 saturated carbocycles. The van der Waals surface area contributed by atoms with Crippen molar-refractivity contribution in [1.82, 2.24) is 0 Å². The van der Waals surface area contributed by atoms with Crippen molar-refractivity contribution in [2.75, 3.05) is 9.80 Å². The third-order valence-electron chi connectivity index (χ3n) is 20.6. The predicted molar refractivity (Wildman–Crippen MR) is 428 cm³/mol. The summed E-state index contributed by atoms with van der Waals surface area (Å²) < 4.78 is 5.17. The molecule has 0 radical (unpaired) electrons. The fourth-order valence-electron chi connectivity index (χ4n) is 15.9. The second-order valence-electron chi connectivity index (χ2n) is 27.4. The molecule has 0 atom stereocenters. The third kappa shape index (κ3) is 9.82. The van der Waals surface area contributed by atoms with Crippen LogP contribution in [0.5, 0.6) is 0 Å². The van der Waals surface area contributed by atoms with Crippen LogP contribution in [0, 0.1) is 0 Å². The van der Waals surface area contributed by atoms with E-state index < -0.39 is 0 Å². The van der Waals surface area contributed by atoms with E-state index in [0.717, 1.165) is 78.6 Å². The van der Waals surface area contributed by atoms with E-state index in [0.29, 0.717) is 0 Å². The summed E-state index contributed by atoms with van der Waals surface area (Å²) in [6.07, 6.45) is 0. The van der Waals surface area contributed by atoms with E-state index in [1.165, 1.54) is 107 Å². The van der Waals surface area contributed by atoms with Gasteiger partial charge >= 0.3 is 0 Å². The Morgan fingerprint density at radius 2 is 0.576 bits per heavy atom. The standard InChI is InChI=1S/C94H65BN2S2/c1-94(2,3)70-58-85-89-86(59-70)97(91-79(64-36-18-8-19-37-64)54-69(55-80(91)65-38-20-9-21-39-65)72-43-27-45-76-74-41-23-25-47-88(74)99-93(72)76)84-51-49-67(61-30-12-5-13-31-61)57-82(84)95(89)81-56-66(60-28-10-4-11-29-60)48-50-83(81)96(85)90-77(62-32-14-6-15-33-62)52-68(53-78(90)63-34-16-7-17-35-63)71-42-26-44-75-73-40-22-24-46-87(73)98-92(71)75/h4-59H,1-3H3. The SMILES string of the molecule is CC(C)(C)c1cc2c3c(c1)N(c1c(-c4ccccc4)cc(-c4cccc5c4sc4ccccc45)cc1-c1ccccc1)c1ccc(-c4ccccc4)cc1B3c1cc(-c3ccccc3)ccc1N2c1c(-c2ccccc2)cc(-c2cccc3c2sc2ccccc23)cc1-c1ccccc1. The van der Waals surface area contributed by atoms with E-state index in [4.69, 9.17) is 0 Å². The number of benzene rings is 15. The lowest BCUT2D eigenvalue weighted by atomic mass is 9.33. The van der Waals surface area contributed by atoms with Gasteiger partial charge in [-0.25, -0.2) is 0 Å². The van der Waals surface area contributed by atoms with Crippen LogP contribution in [0.1, 0.15) is 26.3 Å². The van der Waals surface area contributed by atoms with Gasteiger partial charge in [0.05, 0.1) is 11.4 Å². The monoisotopic (exact) mass is 1300 g/mol. The number of hydrogen-bond donors (Lipinski definition) is 0. The Kier molecular flexibility index (Phi) is 14.0. The molecule has 19 rings (SSSR count). The molecule has 5 heteroatoms. The summed E-state index contributed by atoms with van der Waals surface area (Å²) in [7, 11) is 0. The first-order chi connectivity index (χ1) is 48.8. The maximum atomic E-state index is 2.71. The molecule has 0 unspecified atom stereocenters. The minimum atomic E-state index is -0.304. The number of rotatable bonds is 10. The highest BCUT2D eigenvalue weighted by Crippen LogP contribution is 2.56. The highest BCUT2D eigenvalue weighted by molar-refractivity contribution is 7.26. The third-order valence-corrected chi connectivity index (χ3v) is 23.0. The van der Waals surface area contributed by atoms with Gasteiger partial charge in [0.2, 0.25) is 0 Å².